The molecule has 19 atom stereocenters. The summed E-state index contributed by atoms with van der Waals surface area (Å²) in [6.07, 6.45) is -18.7. The average molecular weight is 744 g/mol. The van der Waals surface area contributed by atoms with Gasteiger partial charge in [0.2, 0.25) is 0 Å². The van der Waals surface area contributed by atoms with Gasteiger partial charge in [-0.3, -0.25) is 4.79 Å². The summed E-state index contributed by atoms with van der Waals surface area (Å²) in [4.78, 5) is 12.7. The van der Waals surface area contributed by atoms with Crippen LogP contribution in [0.1, 0.15) is 6.42 Å². The van der Waals surface area contributed by atoms with Crippen molar-refractivity contribution in [2.75, 3.05) is 39.4 Å². The summed E-state index contributed by atoms with van der Waals surface area (Å²) in [5.74, 6) is -1.18. The van der Waals surface area contributed by atoms with Crippen LogP contribution in [0.4, 0.5) is 4.39 Å². The molecular weight excluding hydrogens is 689 g/mol. The predicted octanol–water partition coefficient (Wildman–Crippen LogP) is -8.62. The molecule has 0 bridgehead atoms. The summed E-state index contributed by atoms with van der Waals surface area (Å²) in [6, 6.07) is -4.41. The zero-order valence-corrected chi connectivity index (χ0v) is 27.8. The van der Waals surface area contributed by atoms with Crippen molar-refractivity contribution in [1.29, 1.82) is 0 Å². The quantitative estimate of drug-likeness (QED) is 0.0515. The van der Waals surface area contributed by atoms with Gasteiger partial charge in [-0.25, -0.2) is 4.39 Å². The van der Waals surface area contributed by atoms with Gasteiger partial charge in [-0.05, 0) is 6.42 Å². The summed E-state index contributed by atoms with van der Waals surface area (Å²) >= 11 is 0. The van der Waals surface area contributed by atoms with Gasteiger partial charge in [0, 0.05) is 32.2 Å². The number of amides is 1. The lowest BCUT2D eigenvalue weighted by Crippen LogP contribution is -2.67. The molecule has 0 aromatic rings. The lowest BCUT2D eigenvalue weighted by atomic mass is 9.83. The van der Waals surface area contributed by atoms with Crippen molar-refractivity contribution in [3.8, 4) is 0 Å². The van der Waals surface area contributed by atoms with Crippen molar-refractivity contribution in [2.45, 2.75) is 123 Å². The van der Waals surface area contributed by atoms with Crippen LogP contribution in [-0.4, -0.2) is 197 Å². The Morgan fingerprint density at radius 3 is 2.18 bits per heavy atom. The normalized spacial score (nSPS) is 44.3. The van der Waals surface area contributed by atoms with Crippen molar-refractivity contribution >= 4 is 5.91 Å². The highest BCUT2D eigenvalue weighted by atomic mass is 19.1. The molecule has 21 nitrogen and oxygen atoms in total. The molecule has 4 rings (SSSR count). The molecule has 1 saturated carbocycles. The van der Waals surface area contributed by atoms with Crippen LogP contribution in [0.5, 0.6) is 0 Å². The van der Waals surface area contributed by atoms with E-state index in [0.29, 0.717) is 13.1 Å². The molecule has 2 saturated heterocycles. The minimum Gasteiger partial charge on any atom is -0.395 e. The van der Waals surface area contributed by atoms with E-state index in [9.17, 15) is 39.8 Å². The number of hydrogen-bond donors (Lipinski definition) is 14. The van der Waals surface area contributed by atoms with Crippen molar-refractivity contribution < 1.29 is 73.4 Å². The van der Waals surface area contributed by atoms with E-state index in [1.807, 2.05) is 0 Å². The number of hydrogen-bond acceptors (Lipinski definition) is 20. The molecule has 3 fully saturated rings. The van der Waals surface area contributed by atoms with Gasteiger partial charge in [-0.2, -0.15) is 0 Å². The average Bonchev–Trinajstić information content (AvgIpc) is 3.41. The van der Waals surface area contributed by atoms with Crippen LogP contribution in [0.2, 0.25) is 0 Å². The molecule has 3 aliphatic heterocycles. The number of aliphatic hydroxyl groups excluding tert-OH is 7. The zero-order valence-electron chi connectivity index (χ0n) is 27.8. The maximum Gasteiger partial charge on any atom is 0.252 e. The highest BCUT2D eigenvalue weighted by molar-refractivity contribution is 5.81. The molecule has 22 heteroatoms. The van der Waals surface area contributed by atoms with Gasteiger partial charge in [-0.15, -0.1) is 0 Å². The Morgan fingerprint density at radius 2 is 1.53 bits per heavy atom. The number of carbonyl (C=O) groups is 1. The van der Waals surface area contributed by atoms with Gasteiger partial charge >= 0.3 is 0 Å². The molecule has 296 valence electrons. The summed E-state index contributed by atoms with van der Waals surface area (Å²) in [5.41, 5.74) is 29.6. The Morgan fingerprint density at radius 1 is 0.863 bits per heavy atom. The van der Waals surface area contributed by atoms with E-state index in [-0.39, 0.29) is 19.6 Å². The fourth-order valence-electron chi connectivity index (χ4n) is 6.36. The number of aliphatic hydroxyl groups is 7. The summed E-state index contributed by atoms with van der Waals surface area (Å²) < 4.78 is 49.5. The van der Waals surface area contributed by atoms with Crippen LogP contribution in [0.15, 0.2) is 12.2 Å². The third kappa shape index (κ3) is 9.93. The first kappa shape index (κ1) is 42.1. The lowest BCUT2D eigenvalue weighted by Gasteiger charge is -2.46. The Bertz CT molecular complexity index is 1120. The first-order valence-corrected chi connectivity index (χ1v) is 16.8. The number of ether oxygens (including phenoxy) is 6. The number of carbonyl (C=O) groups excluding carboxylic acids is 1. The van der Waals surface area contributed by atoms with E-state index in [2.05, 4.69) is 10.6 Å². The topological polar surface area (TPSA) is 368 Å². The highest BCUT2D eigenvalue weighted by Gasteiger charge is 2.54. The first-order chi connectivity index (χ1) is 24.3. The van der Waals surface area contributed by atoms with Crippen molar-refractivity contribution in [1.82, 2.24) is 10.6 Å². The van der Waals surface area contributed by atoms with Crippen LogP contribution in [-0.2, 0) is 33.2 Å². The van der Waals surface area contributed by atoms with Crippen LogP contribution >= 0.6 is 0 Å². The second kappa shape index (κ2) is 19.1. The van der Waals surface area contributed by atoms with Crippen LogP contribution in [0.3, 0.4) is 0 Å². The molecule has 0 aromatic heterocycles. The lowest BCUT2D eigenvalue weighted by molar-refractivity contribution is -0.284. The van der Waals surface area contributed by atoms with Crippen LogP contribution in [0, 0.1) is 0 Å². The Hall–Kier alpha value is -1.62. The maximum atomic E-state index is 14.0. The minimum absolute atomic E-state index is 0.103. The first-order valence-electron chi connectivity index (χ1n) is 16.8. The van der Waals surface area contributed by atoms with E-state index >= 15 is 0 Å². The second-order valence-electron chi connectivity index (χ2n) is 13.0. The van der Waals surface area contributed by atoms with Crippen LogP contribution < -0.4 is 39.3 Å². The summed E-state index contributed by atoms with van der Waals surface area (Å²) in [7, 11) is 0. The number of nitrogens with one attached hydrogen (secondary N) is 2. The summed E-state index contributed by atoms with van der Waals surface area (Å²) in [6.45, 7) is -1.08. The number of alkyl halides is 1. The van der Waals surface area contributed by atoms with E-state index in [4.69, 9.17) is 62.2 Å². The van der Waals surface area contributed by atoms with Crippen molar-refractivity contribution in [3.63, 3.8) is 0 Å². The second-order valence-corrected chi connectivity index (χ2v) is 13.0. The van der Waals surface area contributed by atoms with Crippen molar-refractivity contribution in [3.05, 3.63) is 12.2 Å². The number of nitrogens with two attached hydrogens (primary N) is 5. The fraction of sp³-hybridized carbons (Fsp3) is 0.897. The SMILES string of the molecule is NC[C@@H](F)[C@H](O)C(=O)N[C@@H]1C[C@H](N)[C@@H](O[C@H]2O[C@H](CNCCO)C=C[C@H]2N)[C@H](O[C@@H]2O[C@H](CO)[C@@H](O[C@H]3O[C@@H](CN)[C@@H](O)[C@H](O)[C@H]3N)[C@H]2O)[C@H]1O. The van der Waals surface area contributed by atoms with Gasteiger partial charge < -0.3 is 103 Å². The van der Waals surface area contributed by atoms with Gasteiger partial charge in [0.05, 0.1) is 37.4 Å². The summed E-state index contributed by atoms with van der Waals surface area (Å²) in [5, 5.41) is 78.1. The van der Waals surface area contributed by atoms with Gasteiger partial charge in [0.1, 0.15) is 61.1 Å². The monoisotopic (exact) mass is 743 g/mol. The molecule has 4 aliphatic rings. The third-order valence-corrected chi connectivity index (χ3v) is 9.32. The molecule has 3 heterocycles. The fourth-order valence-corrected chi connectivity index (χ4v) is 6.36. The third-order valence-electron chi connectivity index (χ3n) is 9.32. The van der Waals surface area contributed by atoms with E-state index < -0.39 is 135 Å². The molecule has 1 amide bonds. The van der Waals surface area contributed by atoms with Crippen LogP contribution in [0.25, 0.3) is 0 Å². The van der Waals surface area contributed by atoms with Crippen molar-refractivity contribution in [2.24, 2.45) is 28.7 Å². The van der Waals surface area contributed by atoms with E-state index in [1.54, 1.807) is 12.2 Å². The highest BCUT2D eigenvalue weighted by Crippen LogP contribution is 2.34. The standard InChI is InChI=1S/C29H54FN7O14/c30-11(6-31)18(40)26(45)37-14-5-13(34)23(49-27-12(33)2-1-10(46-27)8-36-3-4-38)25(19(14)41)51-29-22(44)24(16(9-39)48-29)50-28-17(35)21(43)20(42)15(7-32)47-28/h1-2,10-25,27-29,36,38-44H,3-9,31-35H2,(H,37,45)/t10-,11+,12+,13-,14+,15-,16+,17+,18-,19-,20+,21+,22+,23+,24+,25+,27+,28+,29-/m0/s1. The molecular formula is C29H54FN7O14. The predicted molar refractivity (Wildman–Crippen MR) is 170 cm³/mol. The maximum absolute atomic E-state index is 14.0. The van der Waals surface area contributed by atoms with E-state index in [0.717, 1.165) is 0 Å². The molecule has 51 heavy (non-hydrogen) atoms. The Balaban J connectivity index is 1.55. The van der Waals surface area contributed by atoms with Gasteiger partial charge in [0.25, 0.3) is 5.91 Å². The molecule has 0 spiro atoms. The van der Waals surface area contributed by atoms with E-state index in [1.165, 1.54) is 0 Å². The largest absolute Gasteiger partial charge is 0.395 e. The minimum atomic E-state index is -2.15. The molecule has 19 N–H and O–H groups in total. The molecule has 0 aromatic carbocycles. The van der Waals surface area contributed by atoms with Gasteiger partial charge in [0.15, 0.2) is 25.0 Å². The molecule has 1 aliphatic carbocycles. The number of halogens is 1. The molecule has 0 radical (unpaired) electrons. The van der Waals surface area contributed by atoms with Gasteiger partial charge in [-0.1, -0.05) is 12.2 Å². The Labute approximate surface area is 293 Å². The Kier molecular flexibility index (Phi) is 15.8. The smallest absolute Gasteiger partial charge is 0.252 e. The zero-order chi connectivity index (χ0) is 37.6. The molecule has 0 unspecified atom stereocenters. The number of rotatable bonds is 16.